The maximum absolute atomic E-state index is 10.4. The Labute approximate surface area is 122 Å². The minimum atomic E-state index is -2.52. The summed E-state index contributed by atoms with van der Waals surface area (Å²) in [5.74, 6) is -3.90. The highest BCUT2D eigenvalue weighted by atomic mass is 16.4. The molecule has 0 spiro atoms. The second-order valence-electron chi connectivity index (χ2n) is 4.51. The molecule has 8 atom stereocenters. The van der Waals surface area contributed by atoms with Crippen LogP contribution < -0.4 is 0 Å². The van der Waals surface area contributed by atoms with Gasteiger partial charge >= 0.3 is 11.9 Å². The molecule has 0 radical (unpaired) electrons. The van der Waals surface area contributed by atoms with Crippen LogP contribution in [-0.4, -0.2) is 112 Å². The number of aliphatic hydroxyl groups excluding tert-OH is 8. The highest BCUT2D eigenvalue weighted by Gasteiger charge is 2.43. The molecule has 12 nitrogen and oxygen atoms in total. The van der Waals surface area contributed by atoms with E-state index in [0.29, 0.717) is 0 Å². The Morgan fingerprint density at radius 2 is 0.636 bits per heavy atom. The monoisotopic (exact) mass is 330 g/mol. The van der Waals surface area contributed by atoms with Crippen molar-refractivity contribution in [2.45, 2.75) is 48.8 Å². The fourth-order valence-corrected chi connectivity index (χ4v) is 1.47. The summed E-state index contributed by atoms with van der Waals surface area (Å²) < 4.78 is 0. The molecule has 0 aliphatic rings. The molecule has 22 heavy (non-hydrogen) atoms. The summed E-state index contributed by atoms with van der Waals surface area (Å²) in [6.07, 6.45) is -19.9. The van der Waals surface area contributed by atoms with E-state index in [4.69, 9.17) is 20.4 Å². The lowest BCUT2D eigenvalue weighted by molar-refractivity contribution is -0.189. The van der Waals surface area contributed by atoms with Gasteiger partial charge in [0.1, 0.15) is 36.6 Å². The van der Waals surface area contributed by atoms with Crippen molar-refractivity contribution in [2.24, 2.45) is 0 Å². The van der Waals surface area contributed by atoms with Crippen molar-refractivity contribution in [2.75, 3.05) is 0 Å². The predicted molar refractivity (Wildman–Crippen MR) is 63.3 cm³/mol. The first-order chi connectivity index (χ1) is 9.93. The number of carboxylic acid groups (broad SMARTS) is 2. The third-order valence-corrected chi connectivity index (χ3v) is 2.90. The summed E-state index contributed by atoms with van der Waals surface area (Å²) >= 11 is 0. The van der Waals surface area contributed by atoms with Gasteiger partial charge in [0.15, 0.2) is 12.2 Å². The van der Waals surface area contributed by atoms with Gasteiger partial charge in [0, 0.05) is 0 Å². The van der Waals surface area contributed by atoms with Gasteiger partial charge in [0.25, 0.3) is 0 Å². The first kappa shape index (κ1) is 20.6. The van der Waals surface area contributed by atoms with Crippen LogP contribution in [0.4, 0.5) is 0 Å². The normalized spacial score (nSPS) is 22.7. The van der Waals surface area contributed by atoms with E-state index in [1.165, 1.54) is 0 Å². The molecule has 0 saturated carbocycles. The minimum absolute atomic E-state index is 1.95. The largest absolute Gasteiger partial charge is 0.479 e. The average molecular weight is 330 g/mol. The molecule has 10 N–H and O–H groups in total. The van der Waals surface area contributed by atoms with Gasteiger partial charge in [-0.25, -0.2) is 9.59 Å². The molecule has 0 amide bonds. The van der Waals surface area contributed by atoms with Crippen LogP contribution in [0.3, 0.4) is 0 Å². The molecule has 0 bridgehead atoms. The number of carboxylic acids is 2. The molecule has 0 heterocycles. The fraction of sp³-hybridized carbons (Fsp3) is 0.800. The molecular formula is C10H18O12. The van der Waals surface area contributed by atoms with E-state index in [9.17, 15) is 40.2 Å². The minimum Gasteiger partial charge on any atom is -0.479 e. The van der Waals surface area contributed by atoms with E-state index in [1.54, 1.807) is 0 Å². The quantitative estimate of drug-likeness (QED) is 0.190. The van der Waals surface area contributed by atoms with Crippen LogP contribution in [0.2, 0.25) is 0 Å². The van der Waals surface area contributed by atoms with Crippen LogP contribution in [0.5, 0.6) is 0 Å². The number of rotatable bonds is 9. The van der Waals surface area contributed by atoms with Crippen LogP contribution in [-0.2, 0) is 9.59 Å². The fourth-order valence-electron chi connectivity index (χ4n) is 1.47. The van der Waals surface area contributed by atoms with Gasteiger partial charge in [-0.2, -0.15) is 0 Å². The zero-order valence-corrected chi connectivity index (χ0v) is 10.9. The van der Waals surface area contributed by atoms with E-state index < -0.39 is 60.8 Å². The molecule has 0 rings (SSSR count). The van der Waals surface area contributed by atoms with Crippen molar-refractivity contribution >= 4 is 11.9 Å². The Balaban J connectivity index is 4.93. The lowest BCUT2D eigenvalue weighted by atomic mass is 9.93. The van der Waals surface area contributed by atoms with Crippen LogP contribution in [0.25, 0.3) is 0 Å². The van der Waals surface area contributed by atoms with E-state index in [2.05, 4.69) is 0 Å². The topological polar surface area (TPSA) is 236 Å². The molecule has 0 aromatic heterocycles. The molecule has 0 aliphatic carbocycles. The maximum atomic E-state index is 10.4. The van der Waals surface area contributed by atoms with Crippen molar-refractivity contribution in [3.05, 3.63) is 0 Å². The summed E-state index contributed by atoms with van der Waals surface area (Å²) in [7, 11) is 0. The van der Waals surface area contributed by atoms with Gasteiger partial charge in [0.05, 0.1) is 0 Å². The SMILES string of the molecule is O=C(O)[C@@H](O)[C@H](O)[C@H](O)[C@@H](O)[C@@H](O)[C@@H](O)[C@H](O)[C@@H](O)C(=O)O. The van der Waals surface area contributed by atoms with Gasteiger partial charge in [-0.15, -0.1) is 0 Å². The highest BCUT2D eigenvalue weighted by molar-refractivity contribution is 5.73. The van der Waals surface area contributed by atoms with E-state index in [0.717, 1.165) is 0 Å². The van der Waals surface area contributed by atoms with Crippen molar-refractivity contribution in [3.8, 4) is 0 Å². The average Bonchev–Trinajstić information content (AvgIpc) is 2.48. The zero-order valence-electron chi connectivity index (χ0n) is 10.9. The van der Waals surface area contributed by atoms with Gasteiger partial charge < -0.3 is 51.1 Å². The molecule has 130 valence electrons. The van der Waals surface area contributed by atoms with Crippen molar-refractivity contribution in [1.82, 2.24) is 0 Å². The third kappa shape index (κ3) is 4.82. The molecule has 0 aromatic carbocycles. The lowest BCUT2D eigenvalue weighted by Gasteiger charge is -2.32. The number of hydrogen-bond donors (Lipinski definition) is 10. The van der Waals surface area contributed by atoms with Gasteiger partial charge in [-0.1, -0.05) is 0 Å². The number of aliphatic hydroxyl groups is 8. The summed E-state index contributed by atoms with van der Waals surface area (Å²) in [6.45, 7) is 0. The van der Waals surface area contributed by atoms with E-state index in [1.807, 2.05) is 0 Å². The summed E-state index contributed by atoms with van der Waals surface area (Å²) in [5.41, 5.74) is 0. The van der Waals surface area contributed by atoms with Crippen LogP contribution in [0.1, 0.15) is 0 Å². The van der Waals surface area contributed by atoms with Crippen molar-refractivity contribution in [3.63, 3.8) is 0 Å². The number of carbonyl (C=O) groups is 2. The summed E-state index contributed by atoms with van der Waals surface area (Å²) in [4.78, 5) is 20.8. The maximum Gasteiger partial charge on any atom is 0.335 e. The molecule has 0 saturated heterocycles. The first-order valence-corrected chi connectivity index (χ1v) is 5.83. The third-order valence-electron chi connectivity index (χ3n) is 2.90. The molecule has 0 fully saturated rings. The first-order valence-electron chi connectivity index (χ1n) is 5.83. The van der Waals surface area contributed by atoms with Crippen LogP contribution in [0, 0.1) is 0 Å². The molecule has 0 aromatic rings. The standard InChI is InChI=1S/C10H18O12/c11-1(3(13)5(15)7(17)9(19)20)2(12)4(14)6(16)8(18)10(21)22/h1-8,11-18H,(H,19,20)(H,21,22)/t1-,2+,3-,4-,5+,6-,7-,8+/m1/s1. The van der Waals surface area contributed by atoms with E-state index in [-0.39, 0.29) is 0 Å². The van der Waals surface area contributed by atoms with Gasteiger partial charge in [-0.3, -0.25) is 0 Å². The number of aliphatic carboxylic acids is 2. The Hall–Kier alpha value is -1.38. The summed E-state index contributed by atoms with van der Waals surface area (Å²) in [5, 5.41) is 91.0. The van der Waals surface area contributed by atoms with Crippen LogP contribution >= 0.6 is 0 Å². The Bertz CT molecular complexity index is 350. The second kappa shape index (κ2) is 8.30. The molecule has 12 heteroatoms. The van der Waals surface area contributed by atoms with Crippen molar-refractivity contribution < 1.29 is 60.7 Å². The zero-order chi connectivity index (χ0) is 17.8. The number of hydrogen-bond acceptors (Lipinski definition) is 10. The predicted octanol–water partition coefficient (Wildman–Crippen LogP) is -5.96. The Morgan fingerprint density at radius 3 is 0.818 bits per heavy atom. The molecular weight excluding hydrogens is 312 g/mol. The molecule has 0 unspecified atom stereocenters. The lowest BCUT2D eigenvalue weighted by Crippen LogP contribution is -2.57. The molecule has 0 aliphatic heterocycles. The Morgan fingerprint density at radius 1 is 0.455 bits per heavy atom. The van der Waals surface area contributed by atoms with Crippen molar-refractivity contribution in [1.29, 1.82) is 0 Å². The van der Waals surface area contributed by atoms with Gasteiger partial charge in [0.2, 0.25) is 0 Å². The smallest absolute Gasteiger partial charge is 0.335 e. The highest BCUT2D eigenvalue weighted by Crippen LogP contribution is 2.14. The Kier molecular flexibility index (Phi) is 7.78. The van der Waals surface area contributed by atoms with E-state index >= 15 is 0 Å². The summed E-state index contributed by atoms with van der Waals surface area (Å²) in [6, 6.07) is 0. The van der Waals surface area contributed by atoms with Crippen LogP contribution in [0.15, 0.2) is 0 Å². The second-order valence-corrected chi connectivity index (χ2v) is 4.51. The van der Waals surface area contributed by atoms with Gasteiger partial charge in [-0.05, 0) is 0 Å².